The largest absolute Gasteiger partial charge is 0.444 e. The fraction of sp³-hybridized carbons (Fsp3) is 0.562. The maximum Gasteiger partial charge on any atom is 0.407 e. The van der Waals surface area contributed by atoms with Crippen LogP contribution >= 0.6 is 0 Å². The number of hydrogen-bond acceptors (Lipinski definition) is 4. The van der Waals surface area contributed by atoms with Crippen molar-refractivity contribution >= 4 is 16.1 Å². The summed E-state index contributed by atoms with van der Waals surface area (Å²) in [6.07, 6.45) is 0.387. The minimum absolute atomic E-state index is 0.160. The molecule has 0 atom stereocenters. The van der Waals surface area contributed by atoms with Crippen LogP contribution in [-0.4, -0.2) is 43.5 Å². The first-order valence-corrected chi connectivity index (χ1v) is 9.28. The smallest absolute Gasteiger partial charge is 0.407 e. The van der Waals surface area contributed by atoms with Crippen LogP contribution in [-0.2, 0) is 14.8 Å². The summed E-state index contributed by atoms with van der Waals surface area (Å²) in [4.78, 5) is 11.4. The number of hydrogen-bond donors (Lipinski definition) is 1. The number of halogens is 1. The summed E-state index contributed by atoms with van der Waals surface area (Å²) in [5.74, 6) is -0.758. The molecule has 0 spiro atoms. The van der Waals surface area contributed by atoms with Gasteiger partial charge in [0.15, 0.2) is 0 Å². The predicted molar refractivity (Wildman–Crippen MR) is 87.6 cm³/mol. The molecule has 1 aromatic carbocycles. The van der Waals surface area contributed by atoms with Crippen LogP contribution in [0.2, 0.25) is 0 Å². The summed E-state index contributed by atoms with van der Waals surface area (Å²) in [6, 6.07) is 5.17. The van der Waals surface area contributed by atoms with E-state index in [0.717, 1.165) is 6.07 Å². The Morgan fingerprint density at radius 3 is 2.38 bits per heavy atom. The molecular formula is C16H23FN2O4S. The first kappa shape index (κ1) is 18.7. The zero-order valence-electron chi connectivity index (χ0n) is 14.1. The van der Waals surface area contributed by atoms with Gasteiger partial charge in [-0.1, -0.05) is 12.1 Å². The van der Waals surface area contributed by atoms with E-state index in [1.54, 1.807) is 20.8 Å². The molecule has 0 aliphatic carbocycles. The van der Waals surface area contributed by atoms with Gasteiger partial charge in [0, 0.05) is 19.1 Å². The highest BCUT2D eigenvalue weighted by atomic mass is 32.2. The molecule has 2 rings (SSSR count). The number of benzene rings is 1. The molecule has 0 saturated carbocycles. The van der Waals surface area contributed by atoms with Gasteiger partial charge in [-0.3, -0.25) is 0 Å². The number of ether oxygens (including phenoxy) is 1. The highest BCUT2D eigenvalue weighted by Crippen LogP contribution is 2.23. The van der Waals surface area contributed by atoms with Crippen LogP contribution in [0.1, 0.15) is 33.6 Å². The molecule has 1 heterocycles. The van der Waals surface area contributed by atoms with Crippen LogP contribution in [0.5, 0.6) is 0 Å². The number of carbonyl (C=O) groups is 1. The highest BCUT2D eigenvalue weighted by molar-refractivity contribution is 7.89. The topological polar surface area (TPSA) is 75.7 Å². The average Bonchev–Trinajstić information content (AvgIpc) is 2.46. The quantitative estimate of drug-likeness (QED) is 0.901. The van der Waals surface area contributed by atoms with Gasteiger partial charge in [0.25, 0.3) is 0 Å². The minimum Gasteiger partial charge on any atom is -0.444 e. The Labute approximate surface area is 142 Å². The lowest BCUT2D eigenvalue weighted by atomic mass is 10.1. The van der Waals surface area contributed by atoms with Crippen molar-refractivity contribution in [3.63, 3.8) is 0 Å². The third kappa shape index (κ3) is 4.67. The van der Waals surface area contributed by atoms with Crippen molar-refractivity contribution in [3.05, 3.63) is 30.1 Å². The maximum atomic E-state index is 13.8. The SMILES string of the molecule is CC(C)(C)OC(=O)NC1CCN(S(=O)(=O)c2ccccc2F)CC1. The number of nitrogens with one attached hydrogen (secondary N) is 1. The van der Waals surface area contributed by atoms with E-state index in [1.807, 2.05) is 0 Å². The number of rotatable bonds is 3. The Balaban J connectivity index is 1.95. The van der Waals surface area contributed by atoms with E-state index in [2.05, 4.69) is 5.32 Å². The second kappa shape index (κ2) is 7.06. The summed E-state index contributed by atoms with van der Waals surface area (Å²) in [5, 5.41) is 2.74. The fourth-order valence-electron chi connectivity index (χ4n) is 2.51. The van der Waals surface area contributed by atoms with E-state index in [-0.39, 0.29) is 24.0 Å². The zero-order chi connectivity index (χ0) is 18.0. The monoisotopic (exact) mass is 358 g/mol. The van der Waals surface area contributed by atoms with Gasteiger partial charge in [-0.15, -0.1) is 0 Å². The van der Waals surface area contributed by atoms with Gasteiger partial charge in [0.05, 0.1) is 0 Å². The molecule has 1 amide bonds. The number of amides is 1. The Morgan fingerprint density at radius 1 is 1.25 bits per heavy atom. The lowest BCUT2D eigenvalue weighted by molar-refractivity contribution is 0.0489. The maximum absolute atomic E-state index is 13.8. The predicted octanol–water partition coefficient (Wildman–Crippen LogP) is 2.50. The second-order valence-electron chi connectivity index (χ2n) is 6.76. The number of sulfonamides is 1. The van der Waals surface area contributed by atoms with E-state index in [1.165, 1.54) is 22.5 Å². The molecular weight excluding hydrogens is 335 g/mol. The first-order chi connectivity index (χ1) is 11.1. The summed E-state index contributed by atoms with van der Waals surface area (Å²) >= 11 is 0. The van der Waals surface area contributed by atoms with Crippen LogP contribution in [0.25, 0.3) is 0 Å². The Kier molecular flexibility index (Phi) is 5.49. The van der Waals surface area contributed by atoms with E-state index in [4.69, 9.17) is 4.74 Å². The van der Waals surface area contributed by atoms with E-state index >= 15 is 0 Å². The average molecular weight is 358 g/mol. The van der Waals surface area contributed by atoms with Crippen molar-refractivity contribution in [3.8, 4) is 0 Å². The van der Waals surface area contributed by atoms with Crippen molar-refractivity contribution in [1.29, 1.82) is 0 Å². The minimum atomic E-state index is -3.86. The summed E-state index contributed by atoms with van der Waals surface area (Å²) in [5.41, 5.74) is -0.584. The number of carbonyl (C=O) groups excluding carboxylic acids is 1. The summed E-state index contributed by atoms with van der Waals surface area (Å²) in [7, 11) is -3.86. The number of alkyl carbamates (subject to hydrolysis) is 1. The van der Waals surface area contributed by atoms with Gasteiger partial charge in [-0.25, -0.2) is 17.6 Å². The zero-order valence-corrected chi connectivity index (χ0v) is 14.9. The van der Waals surface area contributed by atoms with Crippen molar-refractivity contribution in [2.24, 2.45) is 0 Å². The van der Waals surface area contributed by atoms with E-state index < -0.39 is 27.5 Å². The lowest BCUT2D eigenvalue weighted by Gasteiger charge is -2.32. The molecule has 24 heavy (non-hydrogen) atoms. The first-order valence-electron chi connectivity index (χ1n) is 7.84. The molecule has 1 N–H and O–H groups in total. The van der Waals surface area contributed by atoms with Gasteiger partial charge in [-0.05, 0) is 45.7 Å². The molecule has 134 valence electrons. The molecule has 0 bridgehead atoms. The van der Waals surface area contributed by atoms with Crippen LogP contribution in [0.4, 0.5) is 9.18 Å². The highest BCUT2D eigenvalue weighted by Gasteiger charge is 2.32. The molecule has 1 aromatic rings. The Hall–Kier alpha value is -1.67. The lowest BCUT2D eigenvalue weighted by Crippen LogP contribution is -2.47. The molecule has 1 fully saturated rings. The van der Waals surface area contributed by atoms with Crippen molar-refractivity contribution in [1.82, 2.24) is 9.62 Å². The number of piperidine rings is 1. The third-order valence-corrected chi connectivity index (χ3v) is 5.56. The summed E-state index contributed by atoms with van der Waals surface area (Å²) < 4.78 is 45.2. The van der Waals surface area contributed by atoms with Crippen LogP contribution < -0.4 is 5.32 Å². The van der Waals surface area contributed by atoms with Crippen molar-refractivity contribution in [2.75, 3.05) is 13.1 Å². The molecule has 0 aromatic heterocycles. The van der Waals surface area contributed by atoms with Gasteiger partial charge >= 0.3 is 6.09 Å². The molecule has 8 heteroatoms. The van der Waals surface area contributed by atoms with E-state index in [9.17, 15) is 17.6 Å². The normalized spacial score (nSPS) is 17.5. The van der Waals surface area contributed by atoms with Gasteiger partial charge in [0.2, 0.25) is 10.0 Å². The van der Waals surface area contributed by atoms with Crippen LogP contribution in [0, 0.1) is 5.82 Å². The van der Waals surface area contributed by atoms with Crippen LogP contribution in [0.15, 0.2) is 29.2 Å². The fourth-order valence-corrected chi connectivity index (χ4v) is 4.04. The Morgan fingerprint density at radius 2 is 1.83 bits per heavy atom. The standard InChI is InChI=1S/C16H23FN2O4S/c1-16(2,3)23-15(20)18-12-8-10-19(11-9-12)24(21,22)14-7-5-4-6-13(14)17/h4-7,12H,8-11H2,1-3H3,(H,18,20). The molecule has 1 aliphatic rings. The molecule has 6 nitrogen and oxygen atoms in total. The Bertz CT molecular complexity index is 692. The molecule has 0 radical (unpaired) electrons. The second-order valence-corrected chi connectivity index (χ2v) is 8.66. The van der Waals surface area contributed by atoms with Gasteiger partial charge in [-0.2, -0.15) is 4.31 Å². The van der Waals surface area contributed by atoms with Crippen LogP contribution in [0.3, 0.4) is 0 Å². The molecule has 1 saturated heterocycles. The van der Waals surface area contributed by atoms with Crippen molar-refractivity contribution < 1.29 is 22.3 Å². The molecule has 0 unspecified atom stereocenters. The van der Waals surface area contributed by atoms with Gasteiger partial charge < -0.3 is 10.1 Å². The van der Waals surface area contributed by atoms with E-state index in [0.29, 0.717) is 12.8 Å². The summed E-state index contributed by atoms with van der Waals surface area (Å²) in [6.45, 7) is 5.76. The number of nitrogens with zero attached hydrogens (tertiary/aromatic N) is 1. The van der Waals surface area contributed by atoms with Crippen molar-refractivity contribution in [2.45, 2.75) is 50.2 Å². The van der Waals surface area contributed by atoms with Gasteiger partial charge in [0.1, 0.15) is 16.3 Å². The third-order valence-electron chi connectivity index (χ3n) is 3.63. The molecule has 1 aliphatic heterocycles.